The van der Waals surface area contributed by atoms with Crippen molar-refractivity contribution in [3.63, 3.8) is 0 Å². The lowest BCUT2D eigenvalue weighted by atomic mass is 10.1. The summed E-state index contributed by atoms with van der Waals surface area (Å²) in [7, 11) is 0. The van der Waals surface area contributed by atoms with Gasteiger partial charge in [0.15, 0.2) is 0 Å². The van der Waals surface area contributed by atoms with Crippen molar-refractivity contribution in [2.45, 2.75) is 6.92 Å². The molecule has 0 atom stereocenters. The summed E-state index contributed by atoms with van der Waals surface area (Å²) >= 11 is 0. The molecule has 2 heterocycles. The zero-order chi connectivity index (χ0) is 24.2. The van der Waals surface area contributed by atoms with Crippen molar-refractivity contribution in [2.24, 2.45) is 0 Å². The number of aromatic nitrogens is 2. The second kappa shape index (κ2) is 9.61. The van der Waals surface area contributed by atoms with E-state index >= 15 is 0 Å². The second-order valence-corrected chi connectivity index (χ2v) is 8.07. The van der Waals surface area contributed by atoms with E-state index in [4.69, 9.17) is 0 Å². The number of aryl methyl sites for hydroxylation is 1. The molecule has 3 aromatic carbocycles. The Morgan fingerprint density at radius 3 is 2.26 bits per heavy atom. The van der Waals surface area contributed by atoms with E-state index in [1.165, 1.54) is 12.1 Å². The summed E-state index contributed by atoms with van der Waals surface area (Å²) in [6.07, 6.45) is 5.12. The number of hydrogen-bond acceptors (Lipinski definition) is 5. The number of nitrogens with one attached hydrogen (secondary N) is 3. The number of fused-ring (bicyclic) bond motifs is 1. The average molecular weight is 464 g/mol. The molecule has 172 valence electrons. The third-order valence-electron chi connectivity index (χ3n) is 5.57. The van der Waals surface area contributed by atoms with Crippen LogP contribution in [-0.2, 0) is 0 Å². The predicted molar refractivity (Wildman–Crippen MR) is 138 cm³/mol. The maximum atomic E-state index is 13.7. The molecule has 6 nitrogen and oxygen atoms in total. The minimum atomic E-state index is -0.322. The van der Waals surface area contributed by atoms with Gasteiger partial charge < -0.3 is 16.0 Å². The zero-order valence-electron chi connectivity index (χ0n) is 18.9. The van der Waals surface area contributed by atoms with Crippen LogP contribution in [0.5, 0.6) is 0 Å². The number of anilines is 5. The standard InChI is InChI=1S/C28H22FN5O/c1-18-16-23(32-22-10-13-30-14-11-22)7-9-25(18)34-28(35)19-2-5-21(6-3-19)33-27-12-15-31-26-8-4-20(29)17-24(26)27/h2-17H,1H3,(H,30,32)(H,31,33)(H,34,35). The number of rotatable bonds is 6. The molecule has 0 fully saturated rings. The highest BCUT2D eigenvalue weighted by Crippen LogP contribution is 2.27. The van der Waals surface area contributed by atoms with Gasteiger partial charge in [0.05, 0.1) is 5.52 Å². The minimum absolute atomic E-state index is 0.203. The van der Waals surface area contributed by atoms with Gasteiger partial charge in [-0.3, -0.25) is 14.8 Å². The Morgan fingerprint density at radius 2 is 1.49 bits per heavy atom. The molecule has 0 aliphatic rings. The molecular formula is C28H22FN5O. The van der Waals surface area contributed by atoms with Crippen molar-refractivity contribution in [3.05, 3.63) is 114 Å². The fourth-order valence-corrected chi connectivity index (χ4v) is 3.77. The Morgan fingerprint density at radius 1 is 0.743 bits per heavy atom. The Kier molecular flexibility index (Phi) is 6.05. The summed E-state index contributed by atoms with van der Waals surface area (Å²) in [6, 6.07) is 22.9. The van der Waals surface area contributed by atoms with Gasteiger partial charge in [0, 0.05) is 58.0 Å². The van der Waals surface area contributed by atoms with Crippen molar-refractivity contribution in [2.75, 3.05) is 16.0 Å². The summed E-state index contributed by atoms with van der Waals surface area (Å²) in [5.41, 5.74) is 6.28. The van der Waals surface area contributed by atoms with E-state index in [0.29, 0.717) is 16.5 Å². The van der Waals surface area contributed by atoms with Gasteiger partial charge in [-0.25, -0.2) is 4.39 Å². The molecule has 0 saturated heterocycles. The van der Waals surface area contributed by atoms with Crippen molar-refractivity contribution in [1.82, 2.24) is 9.97 Å². The highest BCUT2D eigenvalue weighted by molar-refractivity contribution is 6.05. The number of carbonyl (C=O) groups excluding carboxylic acids is 1. The van der Waals surface area contributed by atoms with Crippen LogP contribution in [0.3, 0.4) is 0 Å². The largest absolute Gasteiger partial charge is 0.355 e. The van der Waals surface area contributed by atoms with Gasteiger partial charge in [-0.15, -0.1) is 0 Å². The molecule has 3 N–H and O–H groups in total. The number of amides is 1. The first kappa shape index (κ1) is 22.0. The number of carbonyl (C=O) groups is 1. The minimum Gasteiger partial charge on any atom is -0.355 e. The van der Waals surface area contributed by atoms with Crippen LogP contribution in [0.1, 0.15) is 15.9 Å². The van der Waals surface area contributed by atoms with Gasteiger partial charge in [0.2, 0.25) is 0 Å². The van der Waals surface area contributed by atoms with Crippen LogP contribution < -0.4 is 16.0 Å². The molecule has 0 aliphatic heterocycles. The lowest BCUT2D eigenvalue weighted by Crippen LogP contribution is -2.12. The molecule has 35 heavy (non-hydrogen) atoms. The molecule has 2 aromatic heterocycles. The number of nitrogens with zero attached hydrogens (tertiary/aromatic N) is 2. The quantitative estimate of drug-likeness (QED) is 0.258. The average Bonchev–Trinajstić information content (AvgIpc) is 2.87. The number of hydrogen-bond donors (Lipinski definition) is 3. The zero-order valence-corrected chi connectivity index (χ0v) is 18.9. The van der Waals surface area contributed by atoms with Crippen LogP contribution in [0.15, 0.2) is 97.5 Å². The molecule has 1 amide bonds. The van der Waals surface area contributed by atoms with Crippen LogP contribution in [-0.4, -0.2) is 15.9 Å². The topological polar surface area (TPSA) is 78.9 Å². The monoisotopic (exact) mass is 463 g/mol. The van der Waals surface area contributed by atoms with E-state index in [2.05, 4.69) is 25.9 Å². The summed E-state index contributed by atoms with van der Waals surface area (Å²) in [5, 5.41) is 10.2. The normalized spacial score (nSPS) is 10.7. The van der Waals surface area contributed by atoms with E-state index < -0.39 is 0 Å². The van der Waals surface area contributed by atoms with Gasteiger partial charge >= 0.3 is 0 Å². The third-order valence-corrected chi connectivity index (χ3v) is 5.57. The van der Waals surface area contributed by atoms with Crippen molar-refractivity contribution in [1.29, 1.82) is 0 Å². The van der Waals surface area contributed by atoms with Crippen LogP contribution in [0.2, 0.25) is 0 Å². The maximum Gasteiger partial charge on any atom is 0.255 e. The smallest absolute Gasteiger partial charge is 0.255 e. The van der Waals surface area contributed by atoms with Crippen LogP contribution >= 0.6 is 0 Å². The van der Waals surface area contributed by atoms with E-state index in [1.54, 1.807) is 42.9 Å². The summed E-state index contributed by atoms with van der Waals surface area (Å²) in [5.74, 6) is -0.525. The number of pyridine rings is 2. The Labute approximate surface area is 201 Å². The van der Waals surface area contributed by atoms with Crippen molar-refractivity contribution >= 4 is 45.2 Å². The van der Waals surface area contributed by atoms with E-state index in [1.807, 2.05) is 49.4 Å². The lowest BCUT2D eigenvalue weighted by molar-refractivity contribution is 0.102. The molecule has 0 unspecified atom stereocenters. The molecule has 5 aromatic rings. The van der Waals surface area contributed by atoms with Gasteiger partial charge in [-0.1, -0.05) is 0 Å². The third kappa shape index (κ3) is 5.09. The molecule has 0 bridgehead atoms. The molecule has 0 aliphatic carbocycles. The van der Waals surface area contributed by atoms with Gasteiger partial charge in [-0.2, -0.15) is 0 Å². The number of benzene rings is 3. The maximum absolute atomic E-state index is 13.7. The first-order valence-electron chi connectivity index (χ1n) is 11.1. The second-order valence-electron chi connectivity index (χ2n) is 8.07. The van der Waals surface area contributed by atoms with E-state index in [9.17, 15) is 9.18 Å². The molecule has 0 spiro atoms. The highest BCUT2D eigenvalue weighted by Gasteiger charge is 2.10. The summed E-state index contributed by atoms with van der Waals surface area (Å²) < 4.78 is 13.7. The molecule has 7 heteroatoms. The van der Waals surface area contributed by atoms with Gasteiger partial charge in [0.1, 0.15) is 5.82 Å². The Balaban J connectivity index is 1.27. The molecule has 0 saturated carbocycles. The fraction of sp³-hybridized carbons (Fsp3) is 0.0357. The predicted octanol–water partition coefficient (Wildman–Crippen LogP) is 6.82. The van der Waals surface area contributed by atoms with E-state index in [0.717, 1.165) is 34.0 Å². The van der Waals surface area contributed by atoms with Crippen molar-refractivity contribution in [3.8, 4) is 0 Å². The summed E-state index contributed by atoms with van der Waals surface area (Å²) in [6.45, 7) is 1.95. The number of halogens is 1. The van der Waals surface area contributed by atoms with Crippen LogP contribution in [0.4, 0.5) is 32.8 Å². The van der Waals surface area contributed by atoms with Gasteiger partial charge in [-0.05, 0) is 91.3 Å². The molecule has 0 radical (unpaired) electrons. The Hall–Kier alpha value is -4.78. The lowest BCUT2D eigenvalue weighted by Gasteiger charge is -2.13. The van der Waals surface area contributed by atoms with Crippen LogP contribution in [0.25, 0.3) is 10.9 Å². The molecular weight excluding hydrogens is 441 g/mol. The molecule has 5 rings (SSSR count). The fourth-order valence-electron chi connectivity index (χ4n) is 3.77. The van der Waals surface area contributed by atoms with E-state index in [-0.39, 0.29) is 11.7 Å². The highest BCUT2D eigenvalue weighted by atomic mass is 19.1. The first-order chi connectivity index (χ1) is 17.0. The Bertz CT molecular complexity index is 1500. The SMILES string of the molecule is Cc1cc(Nc2ccncc2)ccc1NC(=O)c1ccc(Nc2ccnc3ccc(F)cc23)cc1. The van der Waals surface area contributed by atoms with Crippen molar-refractivity contribution < 1.29 is 9.18 Å². The summed E-state index contributed by atoms with van der Waals surface area (Å²) in [4.78, 5) is 21.1. The van der Waals surface area contributed by atoms with Crippen LogP contribution in [0, 0.1) is 12.7 Å². The van der Waals surface area contributed by atoms with Gasteiger partial charge in [0.25, 0.3) is 5.91 Å². The first-order valence-corrected chi connectivity index (χ1v) is 11.1.